The zero-order chi connectivity index (χ0) is 14.9. The Morgan fingerprint density at radius 1 is 1.30 bits per heavy atom. The lowest BCUT2D eigenvalue weighted by Crippen LogP contribution is -2.46. The second-order valence-corrected chi connectivity index (χ2v) is 5.81. The summed E-state index contributed by atoms with van der Waals surface area (Å²) < 4.78 is 2.12. The predicted molar refractivity (Wildman–Crippen MR) is 81.9 cm³/mol. The van der Waals surface area contributed by atoms with Crippen LogP contribution in [0.25, 0.3) is 11.0 Å². The molecule has 0 atom stereocenters. The van der Waals surface area contributed by atoms with Crippen molar-refractivity contribution in [1.29, 1.82) is 0 Å². The van der Waals surface area contributed by atoms with Gasteiger partial charge in [-0.05, 0) is 47.0 Å². The minimum Gasteiger partial charge on any atom is -0.328 e. The van der Waals surface area contributed by atoms with Gasteiger partial charge in [-0.3, -0.25) is 9.69 Å². The Morgan fingerprint density at radius 3 is 2.55 bits per heavy atom. The van der Waals surface area contributed by atoms with E-state index in [1.807, 2.05) is 51.0 Å². The Morgan fingerprint density at radius 2 is 1.95 bits per heavy atom. The molecule has 20 heavy (non-hydrogen) atoms. The van der Waals surface area contributed by atoms with Crippen molar-refractivity contribution in [2.45, 2.75) is 39.3 Å². The number of fused-ring (bicyclic) bond motifs is 1. The smallest absolute Gasteiger partial charge is 0.159 e. The molecule has 0 amide bonds. The van der Waals surface area contributed by atoms with Crippen molar-refractivity contribution >= 4 is 16.8 Å². The van der Waals surface area contributed by atoms with Crippen molar-refractivity contribution in [2.75, 3.05) is 14.1 Å². The van der Waals surface area contributed by atoms with Gasteiger partial charge in [-0.2, -0.15) is 0 Å². The number of para-hydroxylation sites is 2. The van der Waals surface area contributed by atoms with Gasteiger partial charge in [0.2, 0.25) is 0 Å². The van der Waals surface area contributed by atoms with Gasteiger partial charge in [0.25, 0.3) is 0 Å². The van der Waals surface area contributed by atoms with Crippen LogP contribution >= 0.6 is 0 Å². The predicted octanol–water partition coefficient (Wildman–Crippen LogP) is 2.51. The first kappa shape index (κ1) is 14.7. The van der Waals surface area contributed by atoms with Gasteiger partial charge >= 0.3 is 0 Å². The third kappa shape index (κ3) is 2.48. The summed E-state index contributed by atoms with van der Waals surface area (Å²) in [6.07, 6.45) is 0.369. The van der Waals surface area contributed by atoms with Gasteiger partial charge in [-0.1, -0.05) is 12.1 Å². The molecule has 0 bridgehead atoms. The highest BCUT2D eigenvalue weighted by molar-refractivity contribution is 5.89. The van der Waals surface area contributed by atoms with Crippen LogP contribution in [0.3, 0.4) is 0 Å². The summed E-state index contributed by atoms with van der Waals surface area (Å²) in [6, 6.07) is 8.03. The van der Waals surface area contributed by atoms with Gasteiger partial charge in [-0.25, -0.2) is 4.98 Å². The minimum absolute atomic E-state index is 0.188. The van der Waals surface area contributed by atoms with Crippen molar-refractivity contribution in [1.82, 2.24) is 14.5 Å². The first-order valence-electron chi connectivity index (χ1n) is 7.02. The van der Waals surface area contributed by atoms with Crippen LogP contribution in [0.5, 0.6) is 0 Å². The molecule has 0 aliphatic carbocycles. The summed E-state index contributed by atoms with van der Waals surface area (Å²) in [6.45, 7) is 6.81. The summed E-state index contributed by atoms with van der Waals surface area (Å²) in [4.78, 5) is 19.1. The number of imidazole rings is 1. The number of carbonyl (C=O) groups excluding carboxylic acids is 1. The quantitative estimate of drug-likeness (QED) is 0.840. The minimum atomic E-state index is -0.475. The molecule has 0 saturated carbocycles. The number of hydrogen-bond donors (Lipinski definition) is 0. The molecule has 0 aliphatic heterocycles. The van der Waals surface area contributed by atoms with E-state index < -0.39 is 5.54 Å². The molecule has 0 radical (unpaired) electrons. The Kier molecular flexibility index (Phi) is 3.95. The van der Waals surface area contributed by atoms with Gasteiger partial charge in [-0.15, -0.1) is 0 Å². The number of rotatable bonds is 5. The maximum atomic E-state index is 12.5. The number of nitrogens with zero attached hydrogens (tertiary/aromatic N) is 3. The van der Waals surface area contributed by atoms with Crippen molar-refractivity contribution in [2.24, 2.45) is 0 Å². The molecule has 4 heteroatoms. The molecule has 108 valence electrons. The summed E-state index contributed by atoms with van der Waals surface area (Å²) >= 11 is 0. The van der Waals surface area contributed by atoms with E-state index in [9.17, 15) is 4.79 Å². The molecule has 4 nitrogen and oxygen atoms in total. The second-order valence-electron chi connectivity index (χ2n) is 5.81. The number of benzene rings is 1. The number of aryl methyl sites for hydroxylation is 1. The molecule has 0 spiro atoms. The van der Waals surface area contributed by atoms with Crippen molar-refractivity contribution < 1.29 is 4.79 Å². The molecule has 1 heterocycles. The third-order valence-electron chi connectivity index (χ3n) is 4.17. The van der Waals surface area contributed by atoms with Gasteiger partial charge in [0.15, 0.2) is 5.78 Å². The first-order valence-corrected chi connectivity index (χ1v) is 7.02. The van der Waals surface area contributed by atoms with Crippen LogP contribution in [0.15, 0.2) is 24.3 Å². The Balaban J connectivity index is 2.37. The molecule has 1 aromatic heterocycles. The number of likely N-dealkylation sites (N-methyl/N-ethyl adjacent to an activating group) is 1. The summed E-state index contributed by atoms with van der Waals surface area (Å²) in [5.41, 5.74) is 1.58. The van der Waals surface area contributed by atoms with Gasteiger partial charge in [0.05, 0.1) is 23.0 Å². The fraction of sp³-hybridized carbons (Fsp3) is 0.500. The molecule has 0 aliphatic rings. The lowest BCUT2D eigenvalue weighted by atomic mass is 9.95. The van der Waals surface area contributed by atoms with E-state index in [1.54, 1.807) is 0 Å². The standard InChI is InChI=1S/C16H23N3O/c1-6-19-13-10-8-7-9-12(13)17-15(19)11-14(20)16(2,3)18(4)5/h7-10H,6,11H2,1-5H3. The fourth-order valence-electron chi connectivity index (χ4n) is 2.22. The average Bonchev–Trinajstić information content (AvgIpc) is 2.75. The molecule has 1 aromatic carbocycles. The molecule has 2 rings (SSSR count). The lowest BCUT2D eigenvalue weighted by Gasteiger charge is -2.30. The van der Waals surface area contributed by atoms with E-state index >= 15 is 0 Å². The highest BCUT2D eigenvalue weighted by Gasteiger charge is 2.30. The molecular formula is C16H23N3O. The van der Waals surface area contributed by atoms with E-state index in [-0.39, 0.29) is 5.78 Å². The van der Waals surface area contributed by atoms with Crippen LogP contribution in [0.2, 0.25) is 0 Å². The zero-order valence-corrected chi connectivity index (χ0v) is 13.0. The molecule has 2 aromatic rings. The van der Waals surface area contributed by atoms with Crippen molar-refractivity contribution in [3.05, 3.63) is 30.1 Å². The fourth-order valence-corrected chi connectivity index (χ4v) is 2.22. The topological polar surface area (TPSA) is 38.1 Å². The molecule has 0 fully saturated rings. The first-order chi connectivity index (χ1) is 9.37. The van der Waals surface area contributed by atoms with Crippen LogP contribution in [0.1, 0.15) is 26.6 Å². The summed E-state index contributed by atoms with van der Waals surface area (Å²) in [5.74, 6) is 1.04. The van der Waals surface area contributed by atoms with Crippen LogP contribution in [-0.4, -0.2) is 39.9 Å². The van der Waals surface area contributed by atoms with E-state index in [0.717, 1.165) is 23.4 Å². The molecule has 0 unspecified atom stereocenters. The summed E-state index contributed by atoms with van der Waals surface area (Å²) in [5, 5.41) is 0. The zero-order valence-electron chi connectivity index (χ0n) is 13.0. The SMILES string of the molecule is CCn1c(CC(=O)C(C)(C)N(C)C)nc2ccccc21. The average molecular weight is 273 g/mol. The van der Waals surface area contributed by atoms with Gasteiger partial charge < -0.3 is 4.57 Å². The number of carbonyl (C=O) groups is 1. The van der Waals surface area contributed by atoms with E-state index in [2.05, 4.69) is 22.5 Å². The number of hydrogen-bond acceptors (Lipinski definition) is 3. The number of aromatic nitrogens is 2. The van der Waals surface area contributed by atoms with Crippen LogP contribution in [0.4, 0.5) is 0 Å². The molecular weight excluding hydrogens is 250 g/mol. The van der Waals surface area contributed by atoms with E-state index in [4.69, 9.17) is 0 Å². The van der Waals surface area contributed by atoms with Crippen molar-refractivity contribution in [3.8, 4) is 0 Å². The van der Waals surface area contributed by atoms with E-state index in [1.165, 1.54) is 0 Å². The molecule has 0 saturated heterocycles. The Hall–Kier alpha value is -1.68. The van der Waals surface area contributed by atoms with Crippen molar-refractivity contribution in [3.63, 3.8) is 0 Å². The Bertz CT molecular complexity index is 626. The Labute approximate surface area is 120 Å². The maximum Gasteiger partial charge on any atom is 0.159 e. The van der Waals surface area contributed by atoms with Gasteiger partial charge in [0, 0.05) is 6.54 Å². The van der Waals surface area contributed by atoms with Crippen LogP contribution in [0, 0.1) is 0 Å². The molecule has 0 N–H and O–H groups in total. The highest BCUT2D eigenvalue weighted by atomic mass is 16.1. The lowest BCUT2D eigenvalue weighted by molar-refractivity contribution is -0.127. The van der Waals surface area contributed by atoms with E-state index in [0.29, 0.717) is 6.42 Å². The highest BCUT2D eigenvalue weighted by Crippen LogP contribution is 2.19. The monoisotopic (exact) mass is 273 g/mol. The van der Waals surface area contributed by atoms with Crippen LogP contribution in [-0.2, 0) is 17.8 Å². The third-order valence-corrected chi connectivity index (χ3v) is 4.17. The maximum absolute atomic E-state index is 12.5. The number of ketones is 1. The normalized spacial score (nSPS) is 12.3. The summed E-state index contributed by atoms with van der Waals surface area (Å²) in [7, 11) is 3.86. The second kappa shape index (κ2) is 5.37. The number of Topliss-reactive ketones (excluding diaryl/α,β-unsaturated/α-hetero) is 1. The van der Waals surface area contributed by atoms with Gasteiger partial charge in [0.1, 0.15) is 5.82 Å². The van der Waals surface area contributed by atoms with Crippen LogP contribution < -0.4 is 0 Å². The largest absolute Gasteiger partial charge is 0.328 e.